The number of hydrogen-bond donors (Lipinski definition) is 0. The van der Waals surface area contributed by atoms with Gasteiger partial charge >= 0.3 is 0 Å². The summed E-state index contributed by atoms with van der Waals surface area (Å²) in [4.78, 5) is 11.8. The highest BCUT2D eigenvalue weighted by molar-refractivity contribution is 6.43. The highest BCUT2D eigenvalue weighted by atomic mass is 35.5. The van der Waals surface area contributed by atoms with Crippen molar-refractivity contribution < 1.29 is 4.79 Å². The zero-order chi connectivity index (χ0) is 13.6. The van der Waals surface area contributed by atoms with E-state index in [-0.39, 0.29) is 5.78 Å². The maximum Gasteiger partial charge on any atom is 0.164 e. The number of rotatable bonds is 1. The number of fused-ring (bicyclic) bond motifs is 1. The molecule has 0 radical (unpaired) electrons. The fourth-order valence-corrected chi connectivity index (χ4v) is 3.08. The van der Waals surface area contributed by atoms with Crippen LogP contribution in [0.1, 0.15) is 28.9 Å². The Balaban J connectivity index is 2.18. The Bertz CT molecular complexity index is 676. The van der Waals surface area contributed by atoms with E-state index in [4.69, 9.17) is 34.8 Å². The van der Waals surface area contributed by atoms with Crippen LogP contribution >= 0.6 is 34.8 Å². The molecule has 1 aliphatic rings. The van der Waals surface area contributed by atoms with Gasteiger partial charge in [0.2, 0.25) is 0 Å². The van der Waals surface area contributed by atoms with Crippen molar-refractivity contribution in [3.8, 4) is 5.69 Å². The van der Waals surface area contributed by atoms with E-state index in [1.165, 1.54) is 0 Å². The van der Waals surface area contributed by atoms with Crippen LogP contribution in [-0.2, 0) is 6.42 Å². The summed E-state index contributed by atoms with van der Waals surface area (Å²) in [5, 5.41) is 1.39. The van der Waals surface area contributed by atoms with Crippen molar-refractivity contribution in [3.63, 3.8) is 0 Å². The largest absolute Gasteiger partial charge is 0.319 e. The van der Waals surface area contributed by atoms with Gasteiger partial charge in [-0.2, -0.15) is 0 Å². The quantitative estimate of drug-likeness (QED) is 0.682. The minimum Gasteiger partial charge on any atom is -0.319 e. The molecule has 0 unspecified atom stereocenters. The fraction of sp³-hybridized carbons (Fsp3) is 0.214. The highest BCUT2D eigenvalue weighted by Gasteiger charge is 2.22. The van der Waals surface area contributed by atoms with Crippen LogP contribution in [0, 0.1) is 0 Å². The van der Waals surface area contributed by atoms with Crippen molar-refractivity contribution in [3.05, 3.63) is 50.7 Å². The molecular weight excluding hydrogens is 305 g/mol. The summed E-state index contributed by atoms with van der Waals surface area (Å²) in [7, 11) is 0. The van der Waals surface area contributed by atoms with Crippen molar-refractivity contribution in [2.75, 3.05) is 0 Å². The topological polar surface area (TPSA) is 22.0 Å². The van der Waals surface area contributed by atoms with E-state index >= 15 is 0 Å². The van der Waals surface area contributed by atoms with Crippen LogP contribution in [0.25, 0.3) is 5.69 Å². The van der Waals surface area contributed by atoms with Crippen LogP contribution in [0.4, 0.5) is 0 Å². The van der Waals surface area contributed by atoms with Crippen molar-refractivity contribution in [2.24, 2.45) is 0 Å². The number of aromatic nitrogens is 1. The van der Waals surface area contributed by atoms with Crippen molar-refractivity contribution >= 4 is 40.6 Å². The lowest BCUT2D eigenvalue weighted by molar-refractivity contribution is 0.0972. The maximum atomic E-state index is 11.8. The number of halogens is 3. The molecule has 2 aromatic rings. The summed E-state index contributed by atoms with van der Waals surface area (Å²) in [5.41, 5.74) is 2.54. The molecule has 0 atom stereocenters. The minimum absolute atomic E-state index is 0.191. The first-order valence-corrected chi connectivity index (χ1v) is 7.09. The number of carbonyl (C=O) groups is 1. The third kappa shape index (κ3) is 2.18. The molecule has 3 rings (SSSR count). The van der Waals surface area contributed by atoms with Gasteiger partial charge in [0.05, 0.1) is 20.8 Å². The molecule has 5 heteroatoms. The van der Waals surface area contributed by atoms with E-state index in [0.717, 1.165) is 29.8 Å². The molecule has 1 aliphatic carbocycles. The summed E-state index contributed by atoms with van der Waals surface area (Å²) >= 11 is 18.2. The first kappa shape index (κ1) is 13.0. The molecule has 1 aromatic heterocycles. The van der Waals surface area contributed by atoms with E-state index < -0.39 is 0 Å². The van der Waals surface area contributed by atoms with E-state index in [9.17, 15) is 4.79 Å². The first-order valence-electron chi connectivity index (χ1n) is 5.96. The lowest BCUT2D eigenvalue weighted by atomic mass is 9.97. The molecule has 0 saturated heterocycles. The van der Waals surface area contributed by atoms with Gasteiger partial charge in [-0.1, -0.05) is 34.8 Å². The molecule has 0 saturated carbocycles. The summed E-state index contributed by atoms with van der Waals surface area (Å²) in [6.07, 6.45) is 4.21. The summed E-state index contributed by atoms with van der Waals surface area (Å²) < 4.78 is 1.93. The Labute approximate surface area is 125 Å². The molecule has 0 N–H and O–H groups in total. The third-order valence-corrected chi connectivity index (χ3v) is 4.38. The van der Waals surface area contributed by atoms with Gasteiger partial charge in [-0.05, 0) is 31.0 Å². The van der Waals surface area contributed by atoms with Gasteiger partial charge in [0.1, 0.15) is 0 Å². The van der Waals surface area contributed by atoms with Crippen molar-refractivity contribution in [1.29, 1.82) is 0 Å². The van der Waals surface area contributed by atoms with Crippen LogP contribution < -0.4 is 0 Å². The highest BCUT2D eigenvalue weighted by Crippen LogP contribution is 2.34. The second-order valence-electron chi connectivity index (χ2n) is 4.54. The predicted octanol–water partition coefficient (Wildman–Crippen LogP) is 4.96. The molecule has 19 heavy (non-hydrogen) atoms. The minimum atomic E-state index is 0.191. The lowest BCUT2D eigenvalue weighted by Crippen LogP contribution is -2.12. The standard InChI is InChI=1S/C14H10Cl3NO/c15-9-6-11(17)13(7-10(9)16)18-5-4-8-12(18)2-1-3-14(8)19/h4-7H,1-3H2. The summed E-state index contributed by atoms with van der Waals surface area (Å²) in [6, 6.07) is 5.19. The molecule has 1 aromatic carbocycles. The van der Waals surface area contributed by atoms with Crippen molar-refractivity contribution in [2.45, 2.75) is 19.3 Å². The molecule has 2 nitrogen and oxygen atoms in total. The molecular formula is C14H10Cl3NO. The predicted molar refractivity (Wildman–Crippen MR) is 78.1 cm³/mol. The van der Waals surface area contributed by atoms with Crippen LogP contribution in [0.2, 0.25) is 15.1 Å². The Morgan fingerprint density at radius 1 is 1.00 bits per heavy atom. The average Bonchev–Trinajstić information content (AvgIpc) is 2.79. The monoisotopic (exact) mass is 313 g/mol. The van der Waals surface area contributed by atoms with E-state index in [0.29, 0.717) is 21.5 Å². The Morgan fingerprint density at radius 3 is 2.53 bits per heavy atom. The number of nitrogens with zero attached hydrogens (tertiary/aromatic N) is 1. The van der Waals surface area contributed by atoms with Gasteiger partial charge in [0.25, 0.3) is 0 Å². The molecule has 98 valence electrons. The van der Waals surface area contributed by atoms with Gasteiger partial charge in [-0.15, -0.1) is 0 Å². The zero-order valence-corrected chi connectivity index (χ0v) is 12.2. The second kappa shape index (κ2) is 4.86. The van der Waals surface area contributed by atoms with Crippen LogP contribution in [0.5, 0.6) is 0 Å². The Morgan fingerprint density at radius 2 is 1.74 bits per heavy atom. The zero-order valence-electron chi connectivity index (χ0n) is 9.92. The lowest BCUT2D eigenvalue weighted by Gasteiger charge is -2.16. The smallest absolute Gasteiger partial charge is 0.164 e. The van der Waals surface area contributed by atoms with Gasteiger partial charge in [-0.3, -0.25) is 4.79 Å². The van der Waals surface area contributed by atoms with E-state index in [2.05, 4.69) is 0 Å². The Hall–Kier alpha value is -0.960. The Kier molecular flexibility index (Phi) is 3.34. The van der Waals surface area contributed by atoms with Gasteiger partial charge in [-0.25, -0.2) is 0 Å². The number of ketones is 1. The second-order valence-corrected chi connectivity index (χ2v) is 5.76. The molecule has 0 bridgehead atoms. The number of hydrogen-bond acceptors (Lipinski definition) is 1. The summed E-state index contributed by atoms with van der Waals surface area (Å²) in [5.74, 6) is 0.191. The maximum absolute atomic E-state index is 11.8. The van der Waals surface area contributed by atoms with Crippen molar-refractivity contribution in [1.82, 2.24) is 4.57 Å². The van der Waals surface area contributed by atoms with Gasteiger partial charge in [0, 0.05) is 23.9 Å². The van der Waals surface area contributed by atoms with Crippen LogP contribution in [0.15, 0.2) is 24.4 Å². The molecule has 1 heterocycles. The van der Waals surface area contributed by atoms with Gasteiger partial charge in [0.15, 0.2) is 5.78 Å². The third-order valence-electron chi connectivity index (χ3n) is 3.36. The van der Waals surface area contributed by atoms with Crippen LogP contribution in [0.3, 0.4) is 0 Å². The molecule has 0 spiro atoms. The average molecular weight is 315 g/mol. The number of carbonyl (C=O) groups excluding carboxylic acids is 1. The SMILES string of the molecule is O=C1CCCc2c1ccn2-c1cc(Cl)c(Cl)cc1Cl. The number of benzene rings is 1. The van der Waals surface area contributed by atoms with E-state index in [1.54, 1.807) is 12.1 Å². The van der Waals surface area contributed by atoms with Gasteiger partial charge < -0.3 is 4.57 Å². The number of Topliss-reactive ketones (excluding diaryl/α,β-unsaturated/α-hetero) is 1. The normalized spacial score (nSPS) is 14.6. The fourth-order valence-electron chi connectivity index (χ4n) is 2.45. The first-order chi connectivity index (χ1) is 9.08. The van der Waals surface area contributed by atoms with E-state index in [1.807, 2.05) is 16.8 Å². The summed E-state index contributed by atoms with van der Waals surface area (Å²) in [6.45, 7) is 0. The molecule has 0 fully saturated rings. The molecule has 0 amide bonds. The molecule has 0 aliphatic heterocycles. The van der Waals surface area contributed by atoms with Crippen LogP contribution in [-0.4, -0.2) is 10.4 Å².